The van der Waals surface area contributed by atoms with Gasteiger partial charge in [-0.1, -0.05) is 6.07 Å². The lowest BCUT2D eigenvalue weighted by molar-refractivity contribution is -0.116. The normalized spacial score (nSPS) is 12.4. The third-order valence-electron chi connectivity index (χ3n) is 4.99. The number of nitrogens with zero attached hydrogens (tertiary/aromatic N) is 2. The van der Waals surface area contributed by atoms with E-state index in [2.05, 4.69) is 16.4 Å². The van der Waals surface area contributed by atoms with Crippen LogP contribution in [-0.2, 0) is 11.2 Å². The van der Waals surface area contributed by atoms with Gasteiger partial charge in [0.2, 0.25) is 5.91 Å². The van der Waals surface area contributed by atoms with Gasteiger partial charge in [0, 0.05) is 41.7 Å². The number of hydrogen-bond donors (Lipinski definition) is 1. The molecular weight excluding hydrogens is 402 g/mol. The number of benzene rings is 2. The van der Waals surface area contributed by atoms with Gasteiger partial charge in [0.05, 0.1) is 19.9 Å². The van der Waals surface area contributed by atoms with E-state index in [0.29, 0.717) is 28.7 Å². The maximum absolute atomic E-state index is 12.7. The first-order chi connectivity index (χ1) is 14.5. The second-order valence-electron chi connectivity index (χ2n) is 6.86. The quantitative estimate of drug-likeness (QED) is 0.671. The van der Waals surface area contributed by atoms with Crippen molar-refractivity contribution in [2.75, 3.05) is 31.0 Å². The monoisotopic (exact) mass is 423 g/mol. The number of fused-ring (bicyclic) bond motifs is 1. The fourth-order valence-corrected chi connectivity index (χ4v) is 4.17. The molecule has 0 saturated carbocycles. The van der Waals surface area contributed by atoms with Crippen LogP contribution >= 0.6 is 11.3 Å². The number of amides is 2. The standard InChI is InChI=1S/C22H21N3O4S/c1-13(26)25-7-6-15-8-14(4-5-20(15)25)19-12-30-22(23-19)24-21(27)16-9-17(28-2)11-18(10-16)29-3/h4-5,8-12H,6-7H2,1-3H3,(H,23,24,27). The first-order valence-corrected chi connectivity index (χ1v) is 10.3. The number of thiazole rings is 1. The molecular formula is C22H21N3O4S. The number of anilines is 2. The maximum Gasteiger partial charge on any atom is 0.257 e. The van der Waals surface area contributed by atoms with Crippen molar-refractivity contribution >= 4 is 34.0 Å². The molecule has 0 saturated heterocycles. The van der Waals surface area contributed by atoms with Crippen molar-refractivity contribution in [1.29, 1.82) is 0 Å². The first kappa shape index (κ1) is 19.9. The minimum atomic E-state index is -0.292. The number of rotatable bonds is 5. The molecule has 30 heavy (non-hydrogen) atoms. The highest BCUT2D eigenvalue weighted by atomic mass is 32.1. The number of methoxy groups -OCH3 is 2. The zero-order chi connectivity index (χ0) is 21.3. The molecule has 0 spiro atoms. The molecule has 2 amide bonds. The van der Waals surface area contributed by atoms with E-state index >= 15 is 0 Å². The molecule has 3 aromatic rings. The number of nitrogens with one attached hydrogen (secondary N) is 1. The zero-order valence-corrected chi connectivity index (χ0v) is 17.7. The molecule has 1 N–H and O–H groups in total. The Balaban J connectivity index is 1.53. The van der Waals surface area contributed by atoms with Crippen molar-refractivity contribution in [1.82, 2.24) is 4.98 Å². The molecule has 1 aliphatic heterocycles. The average Bonchev–Trinajstić information content (AvgIpc) is 3.39. The molecule has 0 bridgehead atoms. The van der Waals surface area contributed by atoms with Gasteiger partial charge in [-0.05, 0) is 36.2 Å². The molecule has 0 unspecified atom stereocenters. The van der Waals surface area contributed by atoms with Crippen LogP contribution < -0.4 is 19.7 Å². The molecule has 0 fully saturated rings. The Morgan fingerprint density at radius 3 is 2.50 bits per heavy atom. The van der Waals surface area contributed by atoms with Gasteiger partial charge in [0.15, 0.2) is 5.13 Å². The number of hydrogen-bond acceptors (Lipinski definition) is 6. The predicted molar refractivity (Wildman–Crippen MR) is 117 cm³/mol. The Kier molecular flexibility index (Phi) is 5.41. The van der Waals surface area contributed by atoms with Crippen LogP contribution in [0.5, 0.6) is 11.5 Å². The molecule has 7 nitrogen and oxygen atoms in total. The van der Waals surface area contributed by atoms with Crippen LogP contribution in [-0.4, -0.2) is 37.6 Å². The van der Waals surface area contributed by atoms with Gasteiger partial charge in [0.25, 0.3) is 5.91 Å². The Hall–Kier alpha value is -3.39. The summed E-state index contributed by atoms with van der Waals surface area (Å²) in [6, 6.07) is 11.0. The lowest BCUT2D eigenvalue weighted by Crippen LogP contribution is -2.25. The summed E-state index contributed by atoms with van der Waals surface area (Å²) < 4.78 is 10.4. The smallest absolute Gasteiger partial charge is 0.257 e. The molecule has 154 valence electrons. The van der Waals surface area contributed by atoms with E-state index in [4.69, 9.17) is 9.47 Å². The molecule has 2 aromatic carbocycles. The summed E-state index contributed by atoms with van der Waals surface area (Å²) in [6.45, 7) is 2.28. The minimum absolute atomic E-state index is 0.0503. The lowest BCUT2D eigenvalue weighted by atomic mass is 10.1. The van der Waals surface area contributed by atoms with E-state index in [-0.39, 0.29) is 11.8 Å². The number of carbonyl (C=O) groups excluding carboxylic acids is 2. The van der Waals surface area contributed by atoms with E-state index in [1.807, 2.05) is 17.5 Å². The SMILES string of the molecule is COc1cc(OC)cc(C(=O)Nc2nc(-c3ccc4c(c3)CCN4C(C)=O)cs2)c1. The van der Waals surface area contributed by atoms with Crippen LogP contribution in [0.2, 0.25) is 0 Å². The zero-order valence-electron chi connectivity index (χ0n) is 16.9. The summed E-state index contributed by atoms with van der Waals surface area (Å²) in [6.07, 6.45) is 0.828. The third kappa shape index (κ3) is 3.86. The van der Waals surface area contributed by atoms with Crippen molar-refractivity contribution in [3.05, 3.63) is 52.9 Å². The molecule has 4 rings (SSSR count). The highest BCUT2D eigenvalue weighted by Crippen LogP contribution is 2.33. The van der Waals surface area contributed by atoms with E-state index < -0.39 is 0 Å². The number of ether oxygens (including phenoxy) is 2. The van der Waals surface area contributed by atoms with Gasteiger partial charge < -0.3 is 14.4 Å². The highest BCUT2D eigenvalue weighted by Gasteiger charge is 2.22. The van der Waals surface area contributed by atoms with Gasteiger partial charge in [-0.3, -0.25) is 14.9 Å². The van der Waals surface area contributed by atoms with Gasteiger partial charge >= 0.3 is 0 Å². The van der Waals surface area contributed by atoms with Gasteiger partial charge in [0.1, 0.15) is 11.5 Å². The average molecular weight is 423 g/mol. The van der Waals surface area contributed by atoms with Gasteiger partial charge in [-0.2, -0.15) is 0 Å². The summed E-state index contributed by atoms with van der Waals surface area (Å²) in [5, 5.41) is 5.24. The largest absolute Gasteiger partial charge is 0.497 e. The summed E-state index contributed by atoms with van der Waals surface area (Å²) >= 11 is 1.36. The molecule has 8 heteroatoms. The Labute approximate surface area is 178 Å². The Bertz CT molecular complexity index is 1100. The van der Waals surface area contributed by atoms with Gasteiger partial charge in [-0.15, -0.1) is 11.3 Å². The second kappa shape index (κ2) is 8.16. The van der Waals surface area contributed by atoms with Crippen molar-refractivity contribution < 1.29 is 19.1 Å². The summed E-state index contributed by atoms with van der Waals surface area (Å²) in [7, 11) is 3.08. The summed E-state index contributed by atoms with van der Waals surface area (Å²) in [5.41, 5.74) is 4.25. The molecule has 2 heterocycles. The van der Waals surface area contributed by atoms with Crippen LogP contribution in [0.15, 0.2) is 41.8 Å². The molecule has 1 aromatic heterocycles. The van der Waals surface area contributed by atoms with E-state index in [9.17, 15) is 9.59 Å². The second-order valence-corrected chi connectivity index (χ2v) is 7.72. The number of aromatic nitrogens is 1. The maximum atomic E-state index is 12.7. The molecule has 0 aliphatic carbocycles. The third-order valence-corrected chi connectivity index (χ3v) is 5.75. The van der Waals surface area contributed by atoms with Crippen molar-refractivity contribution in [3.8, 4) is 22.8 Å². The van der Waals surface area contributed by atoms with Crippen LogP contribution in [0.1, 0.15) is 22.8 Å². The highest BCUT2D eigenvalue weighted by molar-refractivity contribution is 7.14. The van der Waals surface area contributed by atoms with Crippen molar-refractivity contribution in [3.63, 3.8) is 0 Å². The van der Waals surface area contributed by atoms with Crippen molar-refractivity contribution in [2.24, 2.45) is 0 Å². The van der Waals surface area contributed by atoms with Crippen LogP contribution in [0.25, 0.3) is 11.3 Å². The molecule has 0 radical (unpaired) electrons. The number of carbonyl (C=O) groups is 2. The van der Waals surface area contributed by atoms with E-state index in [1.165, 1.54) is 25.6 Å². The summed E-state index contributed by atoms with van der Waals surface area (Å²) in [4.78, 5) is 30.7. The topological polar surface area (TPSA) is 80.8 Å². The van der Waals surface area contributed by atoms with Crippen molar-refractivity contribution in [2.45, 2.75) is 13.3 Å². The Morgan fingerprint density at radius 1 is 1.10 bits per heavy atom. The first-order valence-electron chi connectivity index (χ1n) is 9.40. The van der Waals surface area contributed by atoms with E-state index in [0.717, 1.165) is 28.9 Å². The molecule has 0 atom stereocenters. The van der Waals surface area contributed by atoms with E-state index in [1.54, 1.807) is 30.0 Å². The predicted octanol–water partition coefficient (Wildman–Crippen LogP) is 3.99. The molecule has 1 aliphatic rings. The summed E-state index contributed by atoms with van der Waals surface area (Å²) in [5.74, 6) is 0.836. The lowest BCUT2D eigenvalue weighted by Gasteiger charge is -2.14. The Morgan fingerprint density at radius 2 is 1.83 bits per heavy atom. The van der Waals surface area contributed by atoms with Crippen LogP contribution in [0.4, 0.5) is 10.8 Å². The van der Waals surface area contributed by atoms with Crippen LogP contribution in [0, 0.1) is 0 Å². The van der Waals surface area contributed by atoms with Crippen LogP contribution in [0.3, 0.4) is 0 Å². The fourth-order valence-electron chi connectivity index (χ4n) is 3.46. The minimum Gasteiger partial charge on any atom is -0.497 e. The fraction of sp³-hybridized carbons (Fsp3) is 0.227. The van der Waals surface area contributed by atoms with Gasteiger partial charge in [-0.25, -0.2) is 4.98 Å².